The Kier molecular flexibility index (Phi) is 11.4. The normalized spacial score (nSPS) is 17.0. The van der Waals surface area contributed by atoms with Crippen molar-refractivity contribution in [3.63, 3.8) is 0 Å². The van der Waals surface area contributed by atoms with Gasteiger partial charge in [0.1, 0.15) is 0 Å². The predicted molar refractivity (Wildman–Crippen MR) is 288 cm³/mol. The van der Waals surface area contributed by atoms with Gasteiger partial charge < -0.3 is 9.80 Å². The summed E-state index contributed by atoms with van der Waals surface area (Å²) in [5, 5.41) is 0. The third-order valence-electron chi connectivity index (χ3n) is 15.5. The summed E-state index contributed by atoms with van der Waals surface area (Å²) in [7, 11) is 0. The highest BCUT2D eigenvalue weighted by molar-refractivity contribution is 5.94. The summed E-state index contributed by atoms with van der Waals surface area (Å²) in [5.74, 6) is 1.41. The molecule has 0 heterocycles. The van der Waals surface area contributed by atoms with E-state index in [1.807, 2.05) is 0 Å². The molecular formula is C66H60N2. The van der Waals surface area contributed by atoms with Gasteiger partial charge in [-0.25, -0.2) is 0 Å². The van der Waals surface area contributed by atoms with E-state index in [1.165, 1.54) is 74.2 Å². The van der Waals surface area contributed by atoms with Crippen LogP contribution in [-0.2, 0) is 10.8 Å². The van der Waals surface area contributed by atoms with E-state index in [0.29, 0.717) is 5.92 Å². The molecule has 0 N–H and O–H groups in total. The van der Waals surface area contributed by atoms with Crippen molar-refractivity contribution in [1.82, 2.24) is 0 Å². The van der Waals surface area contributed by atoms with Gasteiger partial charge in [-0.1, -0.05) is 191 Å². The zero-order valence-electron chi connectivity index (χ0n) is 39.8. The Labute approximate surface area is 404 Å². The third kappa shape index (κ3) is 7.72. The molecule has 0 saturated heterocycles. The average Bonchev–Trinajstić information content (AvgIpc) is 3.63. The molecule has 1 saturated carbocycles. The molecule has 334 valence electrons. The number of rotatable bonds is 11. The van der Waals surface area contributed by atoms with Crippen molar-refractivity contribution in [3.8, 4) is 33.4 Å². The van der Waals surface area contributed by atoms with E-state index in [9.17, 15) is 0 Å². The third-order valence-corrected chi connectivity index (χ3v) is 15.5. The number of nitrogens with zero attached hydrogens (tertiary/aromatic N) is 2. The minimum Gasteiger partial charge on any atom is -0.310 e. The van der Waals surface area contributed by atoms with Gasteiger partial charge in [0.15, 0.2) is 0 Å². The van der Waals surface area contributed by atoms with Gasteiger partial charge in [0, 0.05) is 44.8 Å². The van der Waals surface area contributed by atoms with Gasteiger partial charge in [0.05, 0.1) is 5.69 Å². The first kappa shape index (κ1) is 43.2. The number of anilines is 6. The number of hydrogen-bond donors (Lipinski definition) is 0. The van der Waals surface area contributed by atoms with Crippen LogP contribution in [0.4, 0.5) is 34.1 Å². The Morgan fingerprint density at radius 1 is 0.397 bits per heavy atom. The highest BCUT2D eigenvalue weighted by Gasteiger charge is 2.40. The molecule has 0 aromatic heterocycles. The zero-order chi connectivity index (χ0) is 46.2. The van der Waals surface area contributed by atoms with E-state index in [-0.39, 0.29) is 10.8 Å². The van der Waals surface area contributed by atoms with Crippen LogP contribution in [0.15, 0.2) is 231 Å². The lowest BCUT2D eigenvalue weighted by molar-refractivity contribution is 0.217. The fourth-order valence-corrected chi connectivity index (χ4v) is 11.7. The molecule has 0 amide bonds. The second-order valence-electron chi connectivity index (χ2n) is 19.9. The molecule has 0 bridgehead atoms. The Balaban J connectivity index is 0.977. The number of para-hydroxylation sites is 3. The van der Waals surface area contributed by atoms with E-state index < -0.39 is 0 Å². The Morgan fingerprint density at radius 3 is 1.43 bits per heavy atom. The van der Waals surface area contributed by atoms with Crippen LogP contribution in [0.2, 0.25) is 0 Å². The molecule has 2 aliphatic carbocycles. The Morgan fingerprint density at radius 2 is 0.853 bits per heavy atom. The standard InChI is InChI=1S/C66H60N2/c1-47(2)48-42-44-66(45-43-48,52-34-38-56(39-35-52)68(54-26-15-8-16-27-54)63-31-18-17-28-58(63)49-20-9-5-10-21-49)51-32-36-55(37-33-51)67(53-24-13-7-14-25-53)57-40-41-60-62(46-57)65(3,4)61-30-19-29-59(64(60)61)50-22-11-6-12-23-50/h5-41,46-48H,42-45H2,1-4H3. The van der Waals surface area contributed by atoms with Gasteiger partial charge in [-0.05, 0) is 154 Å². The smallest absolute Gasteiger partial charge is 0.0540 e. The van der Waals surface area contributed by atoms with E-state index in [2.05, 4.69) is 268 Å². The van der Waals surface area contributed by atoms with Crippen molar-refractivity contribution in [2.24, 2.45) is 11.8 Å². The van der Waals surface area contributed by atoms with Crippen molar-refractivity contribution in [1.29, 1.82) is 0 Å². The van der Waals surface area contributed by atoms with Crippen molar-refractivity contribution in [3.05, 3.63) is 253 Å². The van der Waals surface area contributed by atoms with E-state index in [4.69, 9.17) is 0 Å². The van der Waals surface area contributed by atoms with Crippen molar-refractivity contribution >= 4 is 34.1 Å². The van der Waals surface area contributed by atoms with Crippen LogP contribution >= 0.6 is 0 Å². The van der Waals surface area contributed by atoms with Crippen LogP contribution in [0.3, 0.4) is 0 Å². The minimum absolute atomic E-state index is 0.0978. The SMILES string of the molecule is CC(C)C1CCC(c2ccc(N(c3ccccc3)c3ccc4c(c3)C(C)(C)c3cccc(-c5ccccc5)c3-4)cc2)(c2ccc(N(c3ccccc3)c3ccccc3-c3ccccc3)cc2)CC1. The van der Waals surface area contributed by atoms with Gasteiger partial charge in [0.2, 0.25) is 0 Å². The van der Waals surface area contributed by atoms with Gasteiger partial charge in [0.25, 0.3) is 0 Å². The summed E-state index contributed by atoms with van der Waals surface area (Å²) in [6.07, 6.45) is 4.69. The molecule has 1 fully saturated rings. The largest absolute Gasteiger partial charge is 0.310 e. The van der Waals surface area contributed by atoms with Crippen LogP contribution in [0.25, 0.3) is 33.4 Å². The van der Waals surface area contributed by atoms with Crippen molar-refractivity contribution < 1.29 is 0 Å². The van der Waals surface area contributed by atoms with Crippen LogP contribution in [0, 0.1) is 11.8 Å². The molecule has 0 aliphatic heterocycles. The molecule has 0 radical (unpaired) electrons. The molecule has 0 spiro atoms. The molecule has 2 aliphatic rings. The maximum Gasteiger partial charge on any atom is 0.0540 e. The van der Waals surface area contributed by atoms with Crippen LogP contribution in [-0.4, -0.2) is 0 Å². The van der Waals surface area contributed by atoms with Crippen molar-refractivity contribution in [2.45, 2.75) is 64.2 Å². The molecule has 9 aromatic carbocycles. The second-order valence-corrected chi connectivity index (χ2v) is 19.9. The first-order valence-corrected chi connectivity index (χ1v) is 24.7. The lowest BCUT2D eigenvalue weighted by Crippen LogP contribution is -2.34. The molecule has 68 heavy (non-hydrogen) atoms. The second kappa shape index (κ2) is 18.0. The summed E-state index contributed by atoms with van der Waals surface area (Å²) in [6.45, 7) is 9.60. The fourth-order valence-electron chi connectivity index (χ4n) is 11.7. The number of fused-ring (bicyclic) bond motifs is 3. The topological polar surface area (TPSA) is 6.48 Å². The van der Waals surface area contributed by atoms with Crippen molar-refractivity contribution in [2.75, 3.05) is 9.80 Å². The van der Waals surface area contributed by atoms with Crippen LogP contribution in [0.1, 0.15) is 75.6 Å². The lowest BCUT2D eigenvalue weighted by atomic mass is 9.61. The molecule has 9 aromatic rings. The Hall–Kier alpha value is -7.42. The van der Waals surface area contributed by atoms with Gasteiger partial charge in [-0.15, -0.1) is 0 Å². The fraction of sp³-hybridized carbons (Fsp3) is 0.182. The molecular weight excluding hydrogens is 821 g/mol. The molecule has 11 rings (SSSR count). The van der Waals surface area contributed by atoms with Gasteiger partial charge >= 0.3 is 0 Å². The first-order chi connectivity index (χ1) is 33.3. The summed E-state index contributed by atoms with van der Waals surface area (Å²) in [5.41, 5.74) is 19.9. The highest BCUT2D eigenvalue weighted by Crippen LogP contribution is 2.54. The highest BCUT2D eigenvalue weighted by atomic mass is 15.1. The summed E-state index contributed by atoms with van der Waals surface area (Å²) in [4.78, 5) is 4.87. The minimum atomic E-state index is -0.155. The lowest BCUT2D eigenvalue weighted by Gasteiger charge is -2.43. The van der Waals surface area contributed by atoms with E-state index in [1.54, 1.807) is 0 Å². The quantitative estimate of drug-likeness (QED) is 0.128. The predicted octanol–water partition coefficient (Wildman–Crippen LogP) is 18.4. The van der Waals surface area contributed by atoms with Crippen LogP contribution in [0.5, 0.6) is 0 Å². The summed E-state index contributed by atoms with van der Waals surface area (Å²) in [6, 6.07) is 85.4. The summed E-state index contributed by atoms with van der Waals surface area (Å²) < 4.78 is 0. The average molecular weight is 881 g/mol. The monoisotopic (exact) mass is 880 g/mol. The maximum absolute atomic E-state index is 2.46. The van der Waals surface area contributed by atoms with Gasteiger partial charge in [-0.2, -0.15) is 0 Å². The Bertz CT molecular complexity index is 3150. The molecule has 2 nitrogen and oxygen atoms in total. The van der Waals surface area contributed by atoms with Crippen LogP contribution < -0.4 is 9.80 Å². The molecule has 2 heteroatoms. The number of hydrogen-bond acceptors (Lipinski definition) is 2. The van der Waals surface area contributed by atoms with E-state index in [0.717, 1.165) is 47.2 Å². The van der Waals surface area contributed by atoms with E-state index >= 15 is 0 Å². The first-order valence-electron chi connectivity index (χ1n) is 24.7. The maximum atomic E-state index is 2.46. The molecule has 0 atom stereocenters. The summed E-state index contributed by atoms with van der Waals surface area (Å²) >= 11 is 0. The molecule has 0 unspecified atom stereocenters. The number of benzene rings is 9. The zero-order valence-corrected chi connectivity index (χ0v) is 39.8. The van der Waals surface area contributed by atoms with Gasteiger partial charge in [-0.3, -0.25) is 0 Å².